The van der Waals surface area contributed by atoms with E-state index in [0.29, 0.717) is 0 Å². The van der Waals surface area contributed by atoms with Crippen molar-refractivity contribution in [1.82, 2.24) is 10.2 Å². The van der Waals surface area contributed by atoms with Gasteiger partial charge < -0.3 is 10.2 Å². The van der Waals surface area contributed by atoms with Crippen molar-refractivity contribution in [3.63, 3.8) is 0 Å². The molecule has 14 heavy (non-hydrogen) atoms. The topological polar surface area (TPSA) is 32.3 Å². The molecule has 3 nitrogen and oxygen atoms in total. The summed E-state index contributed by atoms with van der Waals surface area (Å²) in [5, 5.41) is 2.88. The second-order valence-corrected chi connectivity index (χ2v) is 4.54. The largest absolute Gasteiger partial charge is 0.352 e. The number of nitrogens with one attached hydrogen (secondary N) is 1. The Hall–Kier alpha value is -0.830. The third kappa shape index (κ3) is 3.14. The zero-order chi connectivity index (χ0) is 10.6. The van der Waals surface area contributed by atoms with Gasteiger partial charge in [-0.2, -0.15) is 0 Å². The minimum absolute atomic E-state index is 0.0647. The van der Waals surface area contributed by atoms with Crippen molar-refractivity contribution in [2.45, 2.75) is 19.8 Å². The van der Waals surface area contributed by atoms with E-state index in [1.54, 1.807) is 0 Å². The van der Waals surface area contributed by atoms with E-state index in [4.69, 9.17) is 0 Å². The lowest BCUT2D eigenvalue weighted by Gasteiger charge is -2.37. The van der Waals surface area contributed by atoms with Crippen LogP contribution >= 0.6 is 0 Å². The van der Waals surface area contributed by atoms with Crippen molar-refractivity contribution in [3.05, 3.63) is 12.7 Å². The van der Waals surface area contributed by atoms with Crippen LogP contribution in [-0.4, -0.2) is 37.5 Å². The maximum atomic E-state index is 11.0. The van der Waals surface area contributed by atoms with Gasteiger partial charge in [0.15, 0.2) is 0 Å². The van der Waals surface area contributed by atoms with Crippen LogP contribution in [0.2, 0.25) is 0 Å². The maximum Gasteiger partial charge on any atom is 0.243 e. The summed E-state index contributed by atoms with van der Waals surface area (Å²) in [5.41, 5.74) is 0.269. The van der Waals surface area contributed by atoms with Gasteiger partial charge in [-0.05, 0) is 44.5 Å². The smallest absolute Gasteiger partial charge is 0.243 e. The minimum Gasteiger partial charge on any atom is -0.352 e. The molecule has 0 aromatic heterocycles. The molecular weight excluding hydrogens is 176 g/mol. The van der Waals surface area contributed by atoms with Crippen LogP contribution in [0.5, 0.6) is 0 Å². The predicted molar refractivity (Wildman–Crippen MR) is 58.0 cm³/mol. The molecule has 1 fully saturated rings. The molecule has 0 saturated carbocycles. The second kappa shape index (κ2) is 4.60. The van der Waals surface area contributed by atoms with Gasteiger partial charge in [0.25, 0.3) is 0 Å². The van der Waals surface area contributed by atoms with Gasteiger partial charge in [-0.25, -0.2) is 0 Å². The highest BCUT2D eigenvalue weighted by Crippen LogP contribution is 2.29. The first kappa shape index (κ1) is 11.2. The Labute approximate surface area is 86.2 Å². The van der Waals surface area contributed by atoms with Crippen molar-refractivity contribution in [3.8, 4) is 0 Å². The lowest BCUT2D eigenvalue weighted by molar-refractivity contribution is -0.117. The van der Waals surface area contributed by atoms with Crippen LogP contribution in [0.3, 0.4) is 0 Å². The van der Waals surface area contributed by atoms with E-state index in [2.05, 4.69) is 30.8 Å². The van der Waals surface area contributed by atoms with E-state index >= 15 is 0 Å². The molecule has 0 unspecified atom stereocenters. The Morgan fingerprint density at radius 3 is 2.64 bits per heavy atom. The second-order valence-electron chi connectivity index (χ2n) is 4.54. The number of rotatable bonds is 3. The Morgan fingerprint density at radius 2 is 2.14 bits per heavy atom. The summed E-state index contributed by atoms with van der Waals surface area (Å²) < 4.78 is 0. The lowest BCUT2D eigenvalue weighted by Crippen LogP contribution is -2.43. The van der Waals surface area contributed by atoms with E-state index in [9.17, 15) is 4.79 Å². The molecule has 1 N–H and O–H groups in total. The fraction of sp³-hybridized carbons (Fsp3) is 0.727. The highest BCUT2D eigenvalue weighted by atomic mass is 16.1. The predicted octanol–water partition coefficient (Wildman–Crippen LogP) is 1.02. The van der Waals surface area contributed by atoms with Gasteiger partial charge >= 0.3 is 0 Å². The van der Waals surface area contributed by atoms with Gasteiger partial charge in [0.05, 0.1) is 0 Å². The summed E-state index contributed by atoms with van der Waals surface area (Å²) in [6, 6.07) is 0. The fourth-order valence-electron chi connectivity index (χ4n) is 1.71. The van der Waals surface area contributed by atoms with E-state index in [-0.39, 0.29) is 11.3 Å². The fourth-order valence-corrected chi connectivity index (χ4v) is 1.71. The van der Waals surface area contributed by atoms with E-state index in [0.717, 1.165) is 32.5 Å². The molecule has 0 spiro atoms. The van der Waals surface area contributed by atoms with Crippen LogP contribution in [-0.2, 0) is 4.79 Å². The summed E-state index contributed by atoms with van der Waals surface area (Å²) in [6.07, 6.45) is 3.64. The SMILES string of the molecule is C=CC(=O)NCC1(C)CCN(C)CC1. The first-order valence-corrected chi connectivity index (χ1v) is 5.14. The molecule has 0 radical (unpaired) electrons. The summed E-state index contributed by atoms with van der Waals surface area (Å²) in [4.78, 5) is 13.4. The molecule has 0 aromatic rings. The van der Waals surface area contributed by atoms with E-state index in [1.165, 1.54) is 6.08 Å². The van der Waals surface area contributed by atoms with Crippen LogP contribution in [0.4, 0.5) is 0 Å². The third-order valence-corrected chi connectivity index (χ3v) is 3.07. The molecule has 3 heteroatoms. The molecule has 1 amide bonds. The van der Waals surface area contributed by atoms with Crippen LogP contribution in [0.25, 0.3) is 0 Å². The molecule has 0 aromatic carbocycles. The van der Waals surface area contributed by atoms with Crippen LogP contribution in [0.1, 0.15) is 19.8 Å². The van der Waals surface area contributed by atoms with Crippen LogP contribution < -0.4 is 5.32 Å². The first-order chi connectivity index (χ1) is 6.56. The highest BCUT2D eigenvalue weighted by molar-refractivity contribution is 5.86. The Kier molecular flexibility index (Phi) is 3.69. The first-order valence-electron chi connectivity index (χ1n) is 5.14. The van der Waals surface area contributed by atoms with Gasteiger partial charge in [-0.1, -0.05) is 13.5 Å². The van der Waals surface area contributed by atoms with Crippen molar-refractivity contribution >= 4 is 5.91 Å². The molecule has 1 aliphatic rings. The number of hydrogen-bond donors (Lipinski definition) is 1. The molecule has 80 valence electrons. The maximum absolute atomic E-state index is 11.0. The standard InChI is InChI=1S/C11H20N2O/c1-4-10(14)12-9-11(2)5-7-13(3)8-6-11/h4H,1,5-9H2,2-3H3,(H,12,14). The Bertz CT molecular complexity index is 217. The summed E-state index contributed by atoms with van der Waals surface area (Å²) in [5.74, 6) is -0.0647. The average Bonchev–Trinajstić information content (AvgIpc) is 2.20. The monoisotopic (exact) mass is 196 g/mol. The molecular formula is C11H20N2O. The number of carbonyl (C=O) groups is 1. The third-order valence-electron chi connectivity index (χ3n) is 3.07. The van der Waals surface area contributed by atoms with Crippen LogP contribution in [0.15, 0.2) is 12.7 Å². The van der Waals surface area contributed by atoms with Gasteiger partial charge in [0.1, 0.15) is 0 Å². The molecule has 1 rings (SSSR count). The van der Waals surface area contributed by atoms with Crippen molar-refractivity contribution in [2.24, 2.45) is 5.41 Å². The molecule has 0 bridgehead atoms. The quantitative estimate of drug-likeness (QED) is 0.684. The number of amides is 1. The lowest BCUT2D eigenvalue weighted by atomic mass is 9.80. The Balaban J connectivity index is 2.35. The number of piperidine rings is 1. The number of nitrogens with zero attached hydrogens (tertiary/aromatic N) is 1. The van der Waals surface area contributed by atoms with Crippen molar-refractivity contribution < 1.29 is 4.79 Å². The van der Waals surface area contributed by atoms with Crippen molar-refractivity contribution in [1.29, 1.82) is 0 Å². The molecule has 0 aliphatic carbocycles. The highest BCUT2D eigenvalue weighted by Gasteiger charge is 2.28. The number of hydrogen-bond acceptors (Lipinski definition) is 2. The average molecular weight is 196 g/mol. The van der Waals surface area contributed by atoms with E-state index in [1.807, 2.05) is 0 Å². The summed E-state index contributed by atoms with van der Waals surface area (Å²) >= 11 is 0. The molecule has 0 atom stereocenters. The summed E-state index contributed by atoms with van der Waals surface area (Å²) in [6.45, 7) is 8.70. The van der Waals surface area contributed by atoms with E-state index < -0.39 is 0 Å². The molecule has 1 saturated heterocycles. The number of carbonyl (C=O) groups excluding carboxylic acids is 1. The van der Waals surface area contributed by atoms with Crippen LogP contribution in [0, 0.1) is 5.41 Å². The molecule has 1 heterocycles. The van der Waals surface area contributed by atoms with Gasteiger partial charge in [-0.3, -0.25) is 4.79 Å². The zero-order valence-electron chi connectivity index (χ0n) is 9.18. The normalized spacial score (nSPS) is 21.6. The molecule has 1 aliphatic heterocycles. The number of likely N-dealkylation sites (tertiary alicyclic amines) is 1. The van der Waals surface area contributed by atoms with Gasteiger partial charge in [0.2, 0.25) is 5.91 Å². The summed E-state index contributed by atoms with van der Waals surface area (Å²) in [7, 11) is 2.14. The Morgan fingerprint density at radius 1 is 1.57 bits per heavy atom. The van der Waals surface area contributed by atoms with Crippen molar-refractivity contribution in [2.75, 3.05) is 26.7 Å². The zero-order valence-corrected chi connectivity index (χ0v) is 9.18. The van der Waals surface area contributed by atoms with Gasteiger partial charge in [-0.15, -0.1) is 0 Å². The van der Waals surface area contributed by atoms with Gasteiger partial charge in [0, 0.05) is 6.54 Å². The minimum atomic E-state index is -0.0647.